The van der Waals surface area contributed by atoms with Crippen LogP contribution in [0.3, 0.4) is 0 Å². The molecule has 0 saturated heterocycles. The van der Waals surface area contributed by atoms with Gasteiger partial charge in [-0.15, -0.1) is 0 Å². The fourth-order valence-electron chi connectivity index (χ4n) is 3.28. The molecule has 0 aromatic heterocycles. The molecule has 2 N–H and O–H groups in total. The van der Waals surface area contributed by atoms with Gasteiger partial charge in [-0.1, -0.05) is 36.4 Å². The van der Waals surface area contributed by atoms with Crippen molar-refractivity contribution in [3.05, 3.63) is 96.1 Å². The first-order valence-electron chi connectivity index (χ1n) is 9.46. The number of benzene rings is 4. The number of hydrogen-bond donors (Lipinski definition) is 2. The Morgan fingerprint density at radius 1 is 0.500 bits per heavy atom. The summed E-state index contributed by atoms with van der Waals surface area (Å²) >= 11 is 0. The summed E-state index contributed by atoms with van der Waals surface area (Å²) in [5.41, 5.74) is -0.858. The molecule has 0 radical (unpaired) electrons. The number of fused-ring (bicyclic) bond motifs is 1. The second-order valence-electron chi connectivity index (χ2n) is 7.06. The van der Waals surface area contributed by atoms with Crippen LogP contribution in [0.4, 0.5) is 28.9 Å². The molecule has 0 atom stereocenters. The molecular weight excluding hydrogens is 496 g/mol. The van der Waals surface area contributed by atoms with E-state index in [0.29, 0.717) is 10.8 Å². The minimum absolute atomic E-state index is 0.429. The molecule has 0 bridgehead atoms. The molecule has 34 heavy (non-hydrogen) atoms. The maximum absolute atomic E-state index is 14.1. The van der Waals surface area contributed by atoms with Gasteiger partial charge in [-0.2, -0.15) is 0 Å². The van der Waals surface area contributed by atoms with Gasteiger partial charge in [-0.3, -0.25) is 9.44 Å². The average Bonchev–Trinajstić information content (AvgIpc) is 2.73. The Morgan fingerprint density at radius 3 is 1.15 bits per heavy atom. The summed E-state index contributed by atoms with van der Waals surface area (Å²) in [6.45, 7) is 0. The van der Waals surface area contributed by atoms with E-state index in [1.165, 1.54) is 12.1 Å². The Bertz CT molecular complexity index is 1480. The molecule has 6 nitrogen and oxygen atoms in total. The van der Waals surface area contributed by atoms with Crippen LogP contribution in [0.1, 0.15) is 0 Å². The Hall–Kier alpha value is -3.64. The molecule has 0 heterocycles. The predicted molar refractivity (Wildman–Crippen MR) is 118 cm³/mol. The molecule has 0 aliphatic carbocycles. The molecule has 0 aliphatic heterocycles. The van der Waals surface area contributed by atoms with E-state index >= 15 is 0 Å². The molecular formula is C22H14F4N2O4S2. The van der Waals surface area contributed by atoms with Gasteiger partial charge in [-0.25, -0.2) is 34.4 Å². The van der Waals surface area contributed by atoms with Crippen LogP contribution in [-0.4, -0.2) is 16.8 Å². The second kappa shape index (κ2) is 8.61. The predicted octanol–water partition coefficient (Wildman–Crippen LogP) is 5.00. The van der Waals surface area contributed by atoms with Gasteiger partial charge >= 0.3 is 0 Å². The van der Waals surface area contributed by atoms with Gasteiger partial charge in [0, 0.05) is 0 Å². The molecule has 0 amide bonds. The molecule has 12 heteroatoms. The SMILES string of the molecule is O=S(=O)(Nc1cc2ccccc2cc1NS(=O)(=O)c1c(F)cccc1F)c1c(F)cccc1F. The lowest BCUT2D eigenvalue weighted by Gasteiger charge is -2.17. The third-order valence-corrected chi connectivity index (χ3v) is 7.58. The van der Waals surface area contributed by atoms with Gasteiger partial charge in [0.05, 0.1) is 11.4 Å². The van der Waals surface area contributed by atoms with E-state index < -0.39 is 64.5 Å². The number of anilines is 2. The highest BCUT2D eigenvalue weighted by Gasteiger charge is 2.28. The van der Waals surface area contributed by atoms with E-state index in [2.05, 4.69) is 0 Å². The third-order valence-electron chi connectivity index (χ3n) is 4.75. The largest absolute Gasteiger partial charge is 0.277 e. The van der Waals surface area contributed by atoms with Crippen molar-refractivity contribution in [2.24, 2.45) is 0 Å². The van der Waals surface area contributed by atoms with E-state index in [1.54, 1.807) is 24.3 Å². The zero-order valence-corrected chi connectivity index (χ0v) is 18.5. The summed E-state index contributed by atoms with van der Waals surface area (Å²) in [7, 11) is -9.77. The summed E-state index contributed by atoms with van der Waals surface area (Å²) < 4.78 is 112. The standard InChI is InChI=1S/C22H14F4N2O4S2/c23-15-7-3-8-16(24)21(15)33(29,30)27-19-11-13-5-1-2-6-14(13)12-20(19)28-34(31,32)22-17(25)9-4-10-18(22)26/h1-12,27-28H. The quantitative estimate of drug-likeness (QED) is 0.357. The monoisotopic (exact) mass is 510 g/mol. The minimum Gasteiger partial charge on any atom is -0.277 e. The van der Waals surface area contributed by atoms with Crippen molar-refractivity contribution < 1.29 is 34.4 Å². The number of rotatable bonds is 6. The number of hydrogen-bond acceptors (Lipinski definition) is 4. The number of nitrogens with one attached hydrogen (secondary N) is 2. The molecule has 0 saturated carbocycles. The van der Waals surface area contributed by atoms with Crippen molar-refractivity contribution in [2.45, 2.75) is 9.79 Å². The zero-order chi connectivity index (χ0) is 24.7. The first-order chi connectivity index (χ1) is 16.0. The fourth-order valence-corrected chi connectivity index (χ4v) is 5.70. The van der Waals surface area contributed by atoms with Crippen LogP contribution >= 0.6 is 0 Å². The molecule has 0 fully saturated rings. The Balaban J connectivity index is 1.86. The van der Waals surface area contributed by atoms with Crippen LogP contribution < -0.4 is 9.44 Å². The van der Waals surface area contributed by atoms with Crippen molar-refractivity contribution in [1.29, 1.82) is 0 Å². The van der Waals surface area contributed by atoms with Gasteiger partial charge < -0.3 is 0 Å². The smallest absolute Gasteiger partial charge is 0.267 e. The summed E-state index contributed by atoms with van der Waals surface area (Å²) in [6.07, 6.45) is 0. The normalized spacial score (nSPS) is 12.0. The van der Waals surface area contributed by atoms with Crippen molar-refractivity contribution in [3.8, 4) is 0 Å². The van der Waals surface area contributed by atoms with Crippen LogP contribution in [0.15, 0.2) is 82.6 Å². The lowest BCUT2D eigenvalue weighted by atomic mass is 10.1. The third kappa shape index (κ3) is 4.41. The molecule has 4 aromatic carbocycles. The summed E-state index contributed by atoms with van der Waals surface area (Å²) in [5.74, 6) is -5.49. The van der Waals surface area contributed by atoms with Crippen molar-refractivity contribution in [1.82, 2.24) is 0 Å². The summed E-state index contributed by atoms with van der Waals surface area (Å²) in [5, 5.41) is 0.878. The van der Waals surface area contributed by atoms with E-state index in [0.717, 1.165) is 36.4 Å². The molecule has 0 spiro atoms. The highest BCUT2D eigenvalue weighted by molar-refractivity contribution is 7.93. The fraction of sp³-hybridized carbons (Fsp3) is 0. The Morgan fingerprint density at radius 2 is 0.824 bits per heavy atom. The van der Waals surface area contributed by atoms with E-state index in [-0.39, 0.29) is 0 Å². The molecule has 0 unspecified atom stereocenters. The van der Waals surface area contributed by atoms with Crippen LogP contribution in [0.2, 0.25) is 0 Å². The van der Waals surface area contributed by atoms with Crippen LogP contribution in [0.25, 0.3) is 10.8 Å². The van der Waals surface area contributed by atoms with Crippen LogP contribution in [0.5, 0.6) is 0 Å². The van der Waals surface area contributed by atoms with E-state index in [9.17, 15) is 34.4 Å². The van der Waals surface area contributed by atoms with Crippen molar-refractivity contribution in [3.63, 3.8) is 0 Å². The van der Waals surface area contributed by atoms with E-state index in [1.807, 2.05) is 9.44 Å². The lowest BCUT2D eigenvalue weighted by molar-refractivity contribution is 0.519. The summed E-state index contributed by atoms with van der Waals surface area (Å²) in [4.78, 5) is -2.56. The van der Waals surface area contributed by atoms with Gasteiger partial charge in [0.1, 0.15) is 23.3 Å². The number of halogens is 4. The highest BCUT2D eigenvalue weighted by atomic mass is 32.2. The van der Waals surface area contributed by atoms with Crippen molar-refractivity contribution in [2.75, 3.05) is 9.44 Å². The van der Waals surface area contributed by atoms with Gasteiger partial charge in [0.2, 0.25) is 0 Å². The Labute approximate surface area is 192 Å². The molecule has 176 valence electrons. The molecule has 4 rings (SSSR count). The van der Waals surface area contributed by atoms with Crippen LogP contribution in [-0.2, 0) is 20.0 Å². The maximum atomic E-state index is 14.1. The molecule has 4 aromatic rings. The van der Waals surface area contributed by atoms with Gasteiger partial charge in [-0.05, 0) is 47.2 Å². The average molecular weight is 510 g/mol. The van der Waals surface area contributed by atoms with Crippen molar-refractivity contribution >= 4 is 42.2 Å². The topological polar surface area (TPSA) is 92.3 Å². The van der Waals surface area contributed by atoms with Gasteiger partial charge in [0.15, 0.2) is 9.79 Å². The highest BCUT2D eigenvalue weighted by Crippen LogP contribution is 2.33. The second-order valence-corrected chi connectivity index (χ2v) is 10.3. The van der Waals surface area contributed by atoms with E-state index in [4.69, 9.17) is 0 Å². The Kier molecular flexibility index (Phi) is 5.96. The lowest BCUT2D eigenvalue weighted by Crippen LogP contribution is -2.20. The molecule has 0 aliphatic rings. The first-order valence-corrected chi connectivity index (χ1v) is 12.4. The summed E-state index contributed by atoms with van der Waals surface area (Å²) in [6, 6.07) is 13.7. The van der Waals surface area contributed by atoms with Gasteiger partial charge in [0.25, 0.3) is 20.0 Å². The zero-order valence-electron chi connectivity index (χ0n) is 16.9. The maximum Gasteiger partial charge on any atom is 0.267 e. The number of sulfonamides is 2. The van der Waals surface area contributed by atoms with Crippen LogP contribution in [0, 0.1) is 23.3 Å². The minimum atomic E-state index is -4.89. The first kappa shape index (κ1) is 23.5.